The number of carbonyl (C=O) groups excluding carboxylic acids is 1. The molecule has 0 amide bonds. The fourth-order valence-electron chi connectivity index (χ4n) is 3.64. The first-order valence-corrected chi connectivity index (χ1v) is 8.16. The van der Waals surface area contributed by atoms with Crippen LogP contribution >= 0.6 is 0 Å². The molecule has 2 heterocycles. The maximum absolute atomic E-state index is 13.6. The van der Waals surface area contributed by atoms with Gasteiger partial charge in [0.05, 0.1) is 17.7 Å². The molecule has 2 aliphatic rings. The average molecular weight is 330 g/mol. The van der Waals surface area contributed by atoms with Gasteiger partial charge < -0.3 is 16.2 Å². The number of nitrogens with one attached hydrogen (secondary N) is 1. The van der Waals surface area contributed by atoms with Gasteiger partial charge in [0.2, 0.25) is 0 Å². The third kappa shape index (κ3) is 2.36. The first-order chi connectivity index (χ1) is 11.5. The summed E-state index contributed by atoms with van der Waals surface area (Å²) in [4.78, 5) is 13.0. The maximum Gasteiger partial charge on any atom is 0.256 e. The number of nitrogens with zero attached hydrogens (tertiary/aromatic N) is 2. The molecule has 1 aromatic carbocycles. The lowest BCUT2D eigenvalue weighted by Gasteiger charge is -2.25. The van der Waals surface area contributed by atoms with Gasteiger partial charge >= 0.3 is 0 Å². The molecule has 4 N–H and O–H groups in total. The van der Waals surface area contributed by atoms with Crippen LogP contribution in [0.1, 0.15) is 40.4 Å². The van der Waals surface area contributed by atoms with Crippen LogP contribution in [-0.2, 0) is 12.8 Å². The Morgan fingerprint density at radius 3 is 3.08 bits per heavy atom. The molecular formula is C17H19FN4O2. The van der Waals surface area contributed by atoms with E-state index in [4.69, 9.17) is 5.73 Å². The van der Waals surface area contributed by atoms with Gasteiger partial charge in [0, 0.05) is 24.2 Å². The maximum atomic E-state index is 13.6. The molecule has 0 spiro atoms. The second-order valence-corrected chi connectivity index (χ2v) is 6.46. The molecule has 4 rings (SSSR count). The average Bonchev–Trinajstić information content (AvgIpc) is 2.89. The van der Waals surface area contributed by atoms with Crippen molar-refractivity contribution in [2.24, 2.45) is 0 Å². The number of hydrogen-bond acceptors (Lipinski definition) is 5. The van der Waals surface area contributed by atoms with Crippen LogP contribution < -0.4 is 11.1 Å². The molecule has 1 aromatic heterocycles. The molecule has 7 heteroatoms. The van der Waals surface area contributed by atoms with E-state index in [0.717, 1.165) is 11.3 Å². The monoisotopic (exact) mass is 330 g/mol. The van der Waals surface area contributed by atoms with Crippen molar-refractivity contribution >= 4 is 17.4 Å². The molecule has 2 aromatic rings. The number of nitrogen functional groups attached to an aromatic ring is 1. The van der Waals surface area contributed by atoms with E-state index in [-0.39, 0.29) is 11.7 Å². The summed E-state index contributed by atoms with van der Waals surface area (Å²) in [6.07, 6.45) is 1.77. The zero-order valence-electron chi connectivity index (χ0n) is 13.1. The van der Waals surface area contributed by atoms with Gasteiger partial charge in [-0.1, -0.05) is 0 Å². The van der Waals surface area contributed by atoms with E-state index in [1.54, 1.807) is 6.07 Å². The largest absolute Gasteiger partial charge is 0.393 e. The van der Waals surface area contributed by atoms with E-state index in [1.807, 2.05) is 0 Å². The number of hydrogen-bond donors (Lipinski definition) is 3. The number of nitrogens with two attached hydrogens (primary N) is 1. The number of aromatic nitrogens is 2. The zero-order chi connectivity index (χ0) is 16.8. The van der Waals surface area contributed by atoms with Crippen molar-refractivity contribution < 1.29 is 14.3 Å². The Bertz CT molecular complexity index is 817. The number of aliphatic hydroxyl groups is 1. The number of benzene rings is 1. The van der Waals surface area contributed by atoms with Crippen LogP contribution in [0.5, 0.6) is 0 Å². The first-order valence-electron chi connectivity index (χ1n) is 8.16. The standard InChI is InChI=1S/C17H19FN4O2/c18-9-1-4-14-13(7-9)11(5-6-20-14)17(24)22-16(19)12-3-2-10(23)8-15(12)21-22/h1,4,7,10-11,20,23H,2-3,5-6,8,19H2/t10-,11+/m0/s1. The first kappa shape index (κ1) is 15.1. The number of carbonyl (C=O) groups is 1. The van der Waals surface area contributed by atoms with Crippen LogP contribution in [0.25, 0.3) is 0 Å². The highest BCUT2D eigenvalue weighted by Crippen LogP contribution is 2.35. The molecule has 0 radical (unpaired) electrons. The van der Waals surface area contributed by atoms with Crippen molar-refractivity contribution in [1.29, 1.82) is 0 Å². The van der Waals surface area contributed by atoms with E-state index >= 15 is 0 Å². The Kier molecular flexibility index (Phi) is 3.53. The third-order valence-corrected chi connectivity index (χ3v) is 4.91. The van der Waals surface area contributed by atoms with Crippen molar-refractivity contribution in [2.45, 2.75) is 37.7 Å². The predicted molar refractivity (Wildman–Crippen MR) is 87.5 cm³/mol. The normalized spacial score (nSPS) is 22.4. The zero-order valence-corrected chi connectivity index (χ0v) is 13.1. The van der Waals surface area contributed by atoms with Gasteiger partial charge in [0.15, 0.2) is 0 Å². The summed E-state index contributed by atoms with van der Waals surface area (Å²) in [5, 5.41) is 17.3. The lowest BCUT2D eigenvalue weighted by Crippen LogP contribution is -2.28. The van der Waals surface area contributed by atoms with E-state index in [9.17, 15) is 14.3 Å². The van der Waals surface area contributed by atoms with Crippen LogP contribution in [0, 0.1) is 5.82 Å². The molecule has 0 saturated carbocycles. The summed E-state index contributed by atoms with van der Waals surface area (Å²) in [7, 11) is 0. The second-order valence-electron chi connectivity index (χ2n) is 6.46. The molecule has 0 unspecified atom stereocenters. The number of fused-ring (bicyclic) bond motifs is 2. The molecule has 24 heavy (non-hydrogen) atoms. The molecule has 126 valence electrons. The molecule has 1 aliphatic carbocycles. The Balaban J connectivity index is 1.72. The van der Waals surface area contributed by atoms with E-state index in [0.29, 0.717) is 49.3 Å². The summed E-state index contributed by atoms with van der Waals surface area (Å²) in [5.41, 5.74) is 9.08. The Morgan fingerprint density at radius 1 is 1.42 bits per heavy atom. The molecule has 0 bridgehead atoms. The van der Waals surface area contributed by atoms with Gasteiger partial charge in [-0.05, 0) is 43.0 Å². The summed E-state index contributed by atoms with van der Waals surface area (Å²) in [6.45, 7) is 0.634. The van der Waals surface area contributed by atoms with Crippen LogP contribution in [0.4, 0.5) is 15.9 Å². The highest BCUT2D eigenvalue weighted by atomic mass is 19.1. The van der Waals surface area contributed by atoms with Crippen LogP contribution in [0.15, 0.2) is 18.2 Å². The number of aliphatic hydroxyl groups excluding tert-OH is 1. The third-order valence-electron chi connectivity index (χ3n) is 4.91. The number of rotatable bonds is 1. The van der Waals surface area contributed by atoms with Crippen molar-refractivity contribution in [3.05, 3.63) is 40.8 Å². The summed E-state index contributed by atoms with van der Waals surface area (Å²) in [6, 6.07) is 4.42. The molecule has 6 nitrogen and oxygen atoms in total. The van der Waals surface area contributed by atoms with E-state index < -0.39 is 12.0 Å². The molecular weight excluding hydrogens is 311 g/mol. The minimum absolute atomic E-state index is 0.246. The lowest BCUT2D eigenvalue weighted by molar-refractivity contribution is 0.0858. The smallest absolute Gasteiger partial charge is 0.256 e. The van der Waals surface area contributed by atoms with E-state index in [2.05, 4.69) is 10.4 Å². The minimum Gasteiger partial charge on any atom is -0.393 e. The summed E-state index contributed by atoms with van der Waals surface area (Å²) < 4.78 is 14.9. The second kappa shape index (κ2) is 5.59. The van der Waals surface area contributed by atoms with Gasteiger partial charge in [0.25, 0.3) is 5.91 Å². The van der Waals surface area contributed by atoms with Gasteiger partial charge in [-0.2, -0.15) is 9.78 Å². The van der Waals surface area contributed by atoms with Crippen LogP contribution in [0.3, 0.4) is 0 Å². The lowest BCUT2D eigenvalue weighted by atomic mass is 9.90. The van der Waals surface area contributed by atoms with Gasteiger partial charge in [0.1, 0.15) is 11.6 Å². The van der Waals surface area contributed by atoms with Gasteiger partial charge in [-0.25, -0.2) is 4.39 Å². The highest BCUT2D eigenvalue weighted by Gasteiger charge is 2.32. The fraction of sp³-hybridized carbons (Fsp3) is 0.412. The Morgan fingerprint density at radius 2 is 2.25 bits per heavy atom. The Hall–Kier alpha value is -2.41. The minimum atomic E-state index is -0.481. The van der Waals surface area contributed by atoms with Crippen molar-refractivity contribution in [3.63, 3.8) is 0 Å². The summed E-state index contributed by atoms with van der Waals surface area (Å²) in [5.74, 6) is -0.750. The van der Waals surface area contributed by atoms with Crippen molar-refractivity contribution in [1.82, 2.24) is 9.78 Å². The molecule has 0 fully saturated rings. The molecule has 2 atom stereocenters. The van der Waals surface area contributed by atoms with Crippen molar-refractivity contribution in [3.8, 4) is 0 Å². The molecule has 1 aliphatic heterocycles. The van der Waals surface area contributed by atoms with Crippen molar-refractivity contribution in [2.75, 3.05) is 17.6 Å². The Labute approximate surface area is 138 Å². The highest BCUT2D eigenvalue weighted by molar-refractivity contribution is 5.90. The fourth-order valence-corrected chi connectivity index (χ4v) is 3.64. The van der Waals surface area contributed by atoms with Crippen LogP contribution in [-0.4, -0.2) is 33.4 Å². The quantitative estimate of drug-likeness (QED) is 0.740. The predicted octanol–water partition coefficient (Wildman–Crippen LogP) is 1.69. The van der Waals surface area contributed by atoms with E-state index in [1.165, 1.54) is 16.8 Å². The topological polar surface area (TPSA) is 93.2 Å². The van der Waals surface area contributed by atoms with Crippen LogP contribution in [0.2, 0.25) is 0 Å². The number of anilines is 2. The number of halogens is 1. The van der Waals surface area contributed by atoms with Gasteiger partial charge in [-0.3, -0.25) is 4.79 Å². The summed E-state index contributed by atoms with van der Waals surface area (Å²) >= 11 is 0. The SMILES string of the molecule is Nc1c2c(nn1C(=O)[C@@H]1CCNc3ccc(F)cc31)C[C@@H](O)CC2. The molecule has 0 saturated heterocycles. The van der Waals surface area contributed by atoms with Gasteiger partial charge in [-0.15, -0.1) is 0 Å².